The first kappa shape index (κ1) is 17.8. The SMILES string of the molecule is CC(NC(=O)OC(C)(C)C)c1ccc(C(F)(F)F)cc1Br. The zero-order valence-corrected chi connectivity index (χ0v) is 13.7. The number of hydrogen-bond acceptors (Lipinski definition) is 2. The topological polar surface area (TPSA) is 38.3 Å². The highest BCUT2D eigenvalue weighted by atomic mass is 79.9. The normalized spacial score (nSPS) is 13.7. The van der Waals surface area contributed by atoms with Crippen LogP contribution in [0.3, 0.4) is 0 Å². The van der Waals surface area contributed by atoms with Crippen LogP contribution < -0.4 is 5.32 Å². The van der Waals surface area contributed by atoms with Gasteiger partial charge in [-0.2, -0.15) is 13.2 Å². The molecule has 0 fully saturated rings. The summed E-state index contributed by atoms with van der Waals surface area (Å²) in [7, 11) is 0. The summed E-state index contributed by atoms with van der Waals surface area (Å²) in [5.74, 6) is 0. The number of carbonyl (C=O) groups excluding carboxylic acids is 1. The summed E-state index contributed by atoms with van der Waals surface area (Å²) in [6.07, 6.45) is -5.02. The maximum Gasteiger partial charge on any atom is 0.416 e. The van der Waals surface area contributed by atoms with Crippen molar-refractivity contribution >= 4 is 22.0 Å². The summed E-state index contributed by atoms with van der Waals surface area (Å²) >= 11 is 3.10. The van der Waals surface area contributed by atoms with Gasteiger partial charge in [-0.3, -0.25) is 0 Å². The van der Waals surface area contributed by atoms with Crippen molar-refractivity contribution in [3.63, 3.8) is 0 Å². The average Bonchev–Trinajstić information content (AvgIpc) is 2.24. The summed E-state index contributed by atoms with van der Waals surface area (Å²) in [6, 6.07) is 2.81. The standard InChI is InChI=1S/C14H17BrF3NO2/c1-8(19-12(20)21-13(2,3)4)10-6-5-9(7-11(10)15)14(16,17)18/h5-8H,1-4H3,(H,19,20). The summed E-state index contributed by atoms with van der Waals surface area (Å²) in [6.45, 7) is 6.85. The van der Waals surface area contributed by atoms with Gasteiger partial charge in [0.15, 0.2) is 0 Å². The summed E-state index contributed by atoms with van der Waals surface area (Å²) in [4.78, 5) is 11.7. The monoisotopic (exact) mass is 367 g/mol. The molecule has 0 saturated carbocycles. The van der Waals surface area contributed by atoms with Gasteiger partial charge >= 0.3 is 12.3 Å². The zero-order valence-electron chi connectivity index (χ0n) is 12.1. The Morgan fingerprint density at radius 1 is 1.29 bits per heavy atom. The molecule has 0 bridgehead atoms. The molecule has 1 unspecified atom stereocenters. The predicted octanol–water partition coefficient (Wildman–Crippen LogP) is 5.05. The minimum Gasteiger partial charge on any atom is -0.444 e. The number of halogens is 4. The molecule has 1 rings (SSSR count). The lowest BCUT2D eigenvalue weighted by molar-refractivity contribution is -0.137. The van der Waals surface area contributed by atoms with Crippen LogP contribution in [0.2, 0.25) is 0 Å². The van der Waals surface area contributed by atoms with Crippen molar-refractivity contribution in [1.82, 2.24) is 5.32 Å². The lowest BCUT2D eigenvalue weighted by Gasteiger charge is -2.22. The molecule has 1 aromatic carbocycles. The second kappa shape index (κ2) is 6.25. The number of benzene rings is 1. The maximum atomic E-state index is 12.6. The largest absolute Gasteiger partial charge is 0.444 e. The third-order valence-corrected chi connectivity index (χ3v) is 3.21. The Hall–Kier alpha value is -1.24. The van der Waals surface area contributed by atoms with Crippen LogP contribution in [0.25, 0.3) is 0 Å². The van der Waals surface area contributed by atoms with Crippen molar-refractivity contribution in [1.29, 1.82) is 0 Å². The van der Waals surface area contributed by atoms with Gasteiger partial charge in [-0.05, 0) is 45.4 Å². The molecule has 0 aliphatic rings. The van der Waals surface area contributed by atoms with Crippen LogP contribution in [0.4, 0.5) is 18.0 Å². The van der Waals surface area contributed by atoms with E-state index in [2.05, 4.69) is 21.2 Å². The van der Waals surface area contributed by atoms with Crippen molar-refractivity contribution < 1.29 is 22.7 Å². The number of carbonyl (C=O) groups is 1. The van der Waals surface area contributed by atoms with E-state index in [0.717, 1.165) is 12.1 Å². The van der Waals surface area contributed by atoms with Gasteiger partial charge in [0.2, 0.25) is 0 Å². The van der Waals surface area contributed by atoms with Crippen LogP contribution in [0.5, 0.6) is 0 Å². The lowest BCUT2D eigenvalue weighted by atomic mass is 10.1. The smallest absolute Gasteiger partial charge is 0.416 e. The van der Waals surface area contributed by atoms with Crippen molar-refractivity contribution in [2.45, 2.75) is 45.5 Å². The van der Waals surface area contributed by atoms with Gasteiger partial charge < -0.3 is 10.1 Å². The van der Waals surface area contributed by atoms with Gasteiger partial charge in [-0.15, -0.1) is 0 Å². The molecular weight excluding hydrogens is 351 g/mol. The molecule has 1 aromatic rings. The van der Waals surface area contributed by atoms with Gasteiger partial charge in [0, 0.05) is 4.47 Å². The summed E-state index contributed by atoms with van der Waals surface area (Å²) in [5, 5.41) is 2.58. The molecule has 118 valence electrons. The lowest BCUT2D eigenvalue weighted by Crippen LogP contribution is -2.34. The van der Waals surface area contributed by atoms with Crippen LogP contribution in [0, 0.1) is 0 Å². The average molecular weight is 368 g/mol. The first-order valence-corrected chi connectivity index (χ1v) is 7.05. The molecule has 0 spiro atoms. The molecule has 0 heterocycles. The summed E-state index contributed by atoms with van der Waals surface area (Å²) < 4.78 is 43.1. The van der Waals surface area contributed by atoms with Crippen LogP contribution in [-0.4, -0.2) is 11.7 Å². The highest BCUT2D eigenvalue weighted by molar-refractivity contribution is 9.10. The number of rotatable bonds is 2. The molecule has 1 atom stereocenters. The third-order valence-electron chi connectivity index (χ3n) is 2.53. The van der Waals surface area contributed by atoms with E-state index in [1.807, 2.05) is 0 Å². The van der Waals surface area contributed by atoms with Gasteiger partial charge in [-0.1, -0.05) is 22.0 Å². The molecule has 0 aliphatic heterocycles. The van der Waals surface area contributed by atoms with Crippen molar-refractivity contribution in [3.05, 3.63) is 33.8 Å². The fraction of sp³-hybridized carbons (Fsp3) is 0.500. The second-order valence-electron chi connectivity index (χ2n) is 5.60. The molecule has 0 aliphatic carbocycles. The minimum atomic E-state index is -4.40. The Kier molecular flexibility index (Phi) is 5.30. The number of nitrogens with one attached hydrogen (secondary N) is 1. The molecule has 7 heteroatoms. The van der Waals surface area contributed by atoms with Crippen molar-refractivity contribution in [2.75, 3.05) is 0 Å². The Bertz CT molecular complexity index is 524. The van der Waals surface area contributed by atoms with Crippen molar-refractivity contribution in [3.8, 4) is 0 Å². The first-order valence-electron chi connectivity index (χ1n) is 6.26. The van der Waals surface area contributed by atoms with Gasteiger partial charge in [0.05, 0.1) is 11.6 Å². The van der Waals surface area contributed by atoms with E-state index in [9.17, 15) is 18.0 Å². The van der Waals surface area contributed by atoms with Gasteiger partial charge in [0.1, 0.15) is 5.60 Å². The first-order chi connectivity index (χ1) is 9.40. The third kappa shape index (κ3) is 5.57. The molecule has 21 heavy (non-hydrogen) atoms. The quantitative estimate of drug-likeness (QED) is 0.793. The molecule has 0 radical (unpaired) electrons. The van der Waals surface area contributed by atoms with E-state index >= 15 is 0 Å². The highest BCUT2D eigenvalue weighted by Crippen LogP contribution is 2.33. The number of alkyl halides is 3. The molecule has 1 N–H and O–H groups in total. The van der Waals surface area contributed by atoms with E-state index in [1.54, 1.807) is 27.7 Å². The van der Waals surface area contributed by atoms with Crippen LogP contribution in [0.1, 0.15) is 44.9 Å². The Morgan fingerprint density at radius 2 is 1.86 bits per heavy atom. The Labute approximate surface area is 130 Å². The Balaban J connectivity index is 2.84. The van der Waals surface area contributed by atoms with Gasteiger partial charge in [-0.25, -0.2) is 4.79 Å². The maximum absolute atomic E-state index is 12.6. The zero-order chi connectivity index (χ0) is 16.4. The van der Waals surface area contributed by atoms with Crippen molar-refractivity contribution in [2.24, 2.45) is 0 Å². The van der Waals surface area contributed by atoms with Crippen LogP contribution in [-0.2, 0) is 10.9 Å². The molecule has 0 saturated heterocycles. The number of alkyl carbamates (subject to hydrolysis) is 1. The number of hydrogen-bond donors (Lipinski definition) is 1. The number of amides is 1. The van der Waals surface area contributed by atoms with Gasteiger partial charge in [0.25, 0.3) is 0 Å². The Morgan fingerprint density at radius 3 is 2.29 bits per heavy atom. The van der Waals surface area contributed by atoms with Crippen LogP contribution in [0.15, 0.2) is 22.7 Å². The van der Waals surface area contributed by atoms with E-state index in [4.69, 9.17) is 4.74 Å². The predicted molar refractivity (Wildman–Crippen MR) is 76.9 cm³/mol. The molecule has 1 amide bonds. The van der Waals surface area contributed by atoms with E-state index in [-0.39, 0.29) is 4.47 Å². The van der Waals surface area contributed by atoms with E-state index in [0.29, 0.717) is 5.56 Å². The molecule has 3 nitrogen and oxygen atoms in total. The van der Waals surface area contributed by atoms with E-state index in [1.165, 1.54) is 6.07 Å². The molecule has 0 aromatic heterocycles. The summed E-state index contributed by atoms with van der Waals surface area (Å²) in [5.41, 5.74) is -0.849. The van der Waals surface area contributed by atoms with Crippen LogP contribution >= 0.6 is 15.9 Å². The van der Waals surface area contributed by atoms with E-state index < -0.39 is 29.5 Å². The highest BCUT2D eigenvalue weighted by Gasteiger charge is 2.31. The minimum absolute atomic E-state index is 0.279. The second-order valence-corrected chi connectivity index (χ2v) is 6.46. The fourth-order valence-electron chi connectivity index (χ4n) is 1.62. The number of ether oxygens (including phenoxy) is 1. The fourth-order valence-corrected chi connectivity index (χ4v) is 2.34. The molecular formula is C14H17BrF3NO2.